The van der Waals surface area contributed by atoms with Crippen molar-refractivity contribution in [3.05, 3.63) is 59.2 Å². The fourth-order valence-corrected chi connectivity index (χ4v) is 3.00. The van der Waals surface area contributed by atoms with Gasteiger partial charge in [-0.1, -0.05) is 24.3 Å². The molecule has 0 atom stereocenters. The van der Waals surface area contributed by atoms with E-state index in [-0.39, 0.29) is 18.1 Å². The van der Waals surface area contributed by atoms with Crippen LogP contribution in [0.4, 0.5) is 0 Å². The van der Waals surface area contributed by atoms with Crippen LogP contribution in [0.1, 0.15) is 30.5 Å². The molecule has 0 fully saturated rings. The molecule has 2 aromatic carbocycles. The minimum atomic E-state index is -0.252. The van der Waals surface area contributed by atoms with Crippen molar-refractivity contribution < 1.29 is 14.3 Å². The first-order valence-corrected chi connectivity index (χ1v) is 8.55. The van der Waals surface area contributed by atoms with Crippen LogP contribution in [0.5, 0.6) is 11.5 Å². The molecule has 3 rings (SSSR count). The van der Waals surface area contributed by atoms with E-state index < -0.39 is 0 Å². The number of fused-ring (bicyclic) bond motifs is 1. The average Bonchev–Trinajstić information content (AvgIpc) is 2.94. The average molecular weight is 350 g/mol. The van der Waals surface area contributed by atoms with Crippen molar-refractivity contribution in [2.24, 2.45) is 0 Å². The summed E-state index contributed by atoms with van der Waals surface area (Å²) in [5.74, 6) is 1.22. The first kappa shape index (κ1) is 17.8. The van der Waals surface area contributed by atoms with Gasteiger partial charge < -0.3 is 14.4 Å². The van der Waals surface area contributed by atoms with Crippen LogP contribution in [0.3, 0.4) is 0 Å². The number of amides is 1. The van der Waals surface area contributed by atoms with Crippen molar-refractivity contribution in [3.8, 4) is 17.6 Å². The Morgan fingerprint density at radius 3 is 2.69 bits per heavy atom. The van der Waals surface area contributed by atoms with Crippen LogP contribution in [0.25, 0.3) is 0 Å². The van der Waals surface area contributed by atoms with E-state index in [2.05, 4.69) is 6.07 Å². The van der Waals surface area contributed by atoms with E-state index in [9.17, 15) is 4.79 Å². The highest BCUT2D eigenvalue weighted by molar-refractivity contribution is 5.77. The number of benzene rings is 2. The Kier molecular flexibility index (Phi) is 4.85. The van der Waals surface area contributed by atoms with Crippen molar-refractivity contribution in [1.29, 1.82) is 5.26 Å². The number of hydrogen-bond acceptors (Lipinski definition) is 4. The van der Waals surface area contributed by atoms with Crippen LogP contribution in [0.2, 0.25) is 0 Å². The second-order valence-electron chi connectivity index (χ2n) is 7.13. The summed E-state index contributed by atoms with van der Waals surface area (Å²) in [6, 6.07) is 15.0. The van der Waals surface area contributed by atoms with E-state index in [1.165, 1.54) is 0 Å². The molecule has 1 heterocycles. The maximum atomic E-state index is 12.4. The Bertz CT molecular complexity index is 851. The molecule has 134 valence electrons. The van der Waals surface area contributed by atoms with Crippen LogP contribution in [-0.2, 0) is 17.8 Å². The number of nitriles is 1. The van der Waals surface area contributed by atoms with Gasteiger partial charge in [-0.05, 0) is 37.6 Å². The molecule has 0 saturated heterocycles. The van der Waals surface area contributed by atoms with Gasteiger partial charge in [0.15, 0.2) is 18.1 Å². The predicted octanol–water partition coefficient (Wildman–Crippen LogP) is 3.31. The Hall–Kier alpha value is -3.00. The molecular weight excluding hydrogens is 328 g/mol. The van der Waals surface area contributed by atoms with E-state index in [4.69, 9.17) is 14.7 Å². The summed E-state index contributed by atoms with van der Waals surface area (Å²) < 4.78 is 11.7. The van der Waals surface area contributed by atoms with Crippen LogP contribution < -0.4 is 9.47 Å². The summed E-state index contributed by atoms with van der Waals surface area (Å²) in [5.41, 5.74) is 2.42. The van der Waals surface area contributed by atoms with Gasteiger partial charge in [0.2, 0.25) is 0 Å². The van der Waals surface area contributed by atoms with Gasteiger partial charge in [-0.3, -0.25) is 4.79 Å². The monoisotopic (exact) mass is 350 g/mol. The molecule has 0 aliphatic carbocycles. The molecule has 1 amide bonds. The Labute approximate surface area is 153 Å². The zero-order valence-electron chi connectivity index (χ0n) is 15.3. The fraction of sp³-hybridized carbons (Fsp3) is 0.333. The maximum Gasteiger partial charge on any atom is 0.260 e. The highest BCUT2D eigenvalue weighted by Gasteiger charge is 2.32. The summed E-state index contributed by atoms with van der Waals surface area (Å²) >= 11 is 0. The molecule has 1 aliphatic heterocycles. The third-order valence-corrected chi connectivity index (χ3v) is 4.33. The standard InChI is InChI=1S/C21H22N2O3/c1-21(2)11-17-5-4-6-18(20(17)26-21)25-14-19(24)23(3)13-16-9-7-15(12-22)8-10-16/h4-10H,11,13-14H2,1-3H3. The smallest absolute Gasteiger partial charge is 0.260 e. The SMILES string of the molecule is CN(Cc1ccc(C#N)cc1)C(=O)COc1cccc2c1OC(C)(C)C2. The number of para-hydroxylation sites is 1. The first-order valence-electron chi connectivity index (χ1n) is 8.55. The number of nitrogens with zero attached hydrogens (tertiary/aromatic N) is 2. The van der Waals surface area contributed by atoms with E-state index >= 15 is 0 Å². The number of carbonyl (C=O) groups is 1. The van der Waals surface area contributed by atoms with Crippen LogP contribution in [0, 0.1) is 11.3 Å². The lowest BCUT2D eigenvalue weighted by molar-refractivity contribution is -0.132. The van der Waals surface area contributed by atoms with Gasteiger partial charge >= 0.3 is 0 Å². The molecule has 2 aromatic rings. The lowest BCUT2D eigenvalue weighted by Gasteiger charge is -2.20. The highest BCUT2D eigenvalue weighted by atomic mass is 16.5. The van der Waals surface area contributed by atoms with E-state index in [1.807, 2.05) is 44.2 Å². The Morgan fingerprint density at radius 2 is 2.00 bits per heavy atom. The van der Waals surface area contributed by atoms with Gasteiger partial charge in [-0.15, -0.1) is 0 Å². The number of likely N-dealkylation sites (N-methyl/N-ethyl adjacent to an activating group) is 1. The van der Waals surface area contributed by atoms with E-state index in [0.717, 1.165) is 23.3 Å². The molecule has 26 heavy (non-hydrogen) atoms. The van der Waals surface area contributed by atoms with Gasteiger partial charge in [0.25, 0.3) is 5.91 Å². The lowest BCUT2D eigenvalue weighted by atomic mass is 10.0. The van der Waals surface area contributed by atoms with Crippen LogP contribution in [0.15, 0.2) is 42.5 Å². The number of ether oxygens (including phenoxy) is 2. The predicted molar refractivity (Wildman–Crippen MR) is 98.0 cm³/mol. The van der Waals surface area contributed by atoms with Gasteiger partial charge in [0, 0.05) is 25.6 Å². The van der Waals surface area contributed by atoms with E-state index in [1.54, 1.807) is 24.1 Å². The maximum absolute atomic E-state index is 12.4. The summed E-state index contributed by atoms with van der Waals surface area (Å²) in [7, 11) is 1.74. The molecule has 1 aliphatic rings. The molecule has 5 nitrogen and oxygen atoms in total. The minimum Gasteiger partial charge on any atom is -0.483 e. The number of carbonyl (C=O) groups excluding carboxylic acids is 1. The first-order chi connectivity index (χ1) is 12.4. The van der Waals surface area contributed by atoms with Crippen LogP contribution >= 0.6 is 0 Å². The van der Waals surface area contributed by atoms with Crippen molar-refractivity contribution in [3.63, 3.8) is 0 Å². The quantitative estimate of drug-likeness (QED) is 0.830. The summed E-state index contributed by atoms with van der Waals surface area (Å²) in [5, 5.41) is 8.83. The Morgan fingerprint density at radius 1 is 1.27 bits per heavy atom. The second-order valence-corrected chi connectivity index (χ2v) is 7.13. The van der Waals surface area contributed by atoms with Gasteiger partial charge in [0.05, 0.1) is 11.6 Å². The van der Waals surface area contributed by atoms with Crippen molar-refractivity contribution >= 4 is 5.91 Å². The lowest BCUT2D eigenvalue weighted by Crippen LogP contribution is -2.31. The molecule has 0 N–H and O–H groups in total. The van der Waals surface area contributed by atoms with Crippen LogP contribution in [-0.4, -0.2) is 30.1 Å². The molecule has 0 spiro atoms. The zero-order valence-corrected chi connectivity index (χ0v) is 15.3. The second kappa shape index (κ2) is 7.09. The van der Waals surface area contributed by atoms with Gasteiger partial charge in [0.1, 0.15) is 5.60 Å². The topological polar surface area (TPSA) is 62.6 Å². The number of rotatable bonds is 5. The third-order valence-electron chi connectivity index (χ3n) is 4.33. The Balaban J connectivity index is 1.59. The summed E-state index contributed by atoms with van der Waals surface area (Å²) in [4.78, 5) is 14.0. The molecular formula is C21H22N2O3. The molecule has 0 saturated carbocycles. The molecule has 0 aromatic heterocycles. The van der Waals surface area contributed by atoms with Crippen molar-refractivity contribution in [2.45, 2.75) is 32.4 Å². The zero-order chi connectivity index (χ0) is 18.7. The molecule has 0 radical (unpaired) electrons. The molecule has 5 heteroatoms. The summed E-state index contributed by atoms with van der Waals surface area (Å²) in [6.07, 6.45) is 0.825. The molecule has 0 unspecified atom stereocenters. The third kappa shape index (κ3) is 3.97. The van der Waals surface area contributed by atoms with Crippen molar-refractivity contribution in [2.75, 3.05) is 13.7 Å². The van der Waals surface area contributed by atoms with Gasteiger partial charge in [-0.25, -0.2) is 0 Å². The largest absolute Gasteiger partial charge is 0.483 e. The number of hydrogen-bond donors (Lipinski definition) is 0. The van der Waals surface area contributed by atoms with E-state index in [0.29, 0.717) is 17.9 Å². The summed E-state index contributed by atoms with van der Waals surface area (Å²) in [6.45, 7) is 4.48. The normalized spacial score (nSPS) is 14.1. The molecule has 0 bridgehead atoms. The highest BCUT2D eigenvalue weighted by Crippen LogP contribution is 2.41. The fourth-order valence-electron chi connectivity index (χ4n) is 3.00. The minimum absolute atomic E-state index is 0.0486. The van der Waals surface area contributed by atoms with Crippen molar-refractivity contribution in [1.82, 2.24) is 4.90 Å². The van der Waals surface area contributed by atoms with Gasteiger partial charge in [-0.2, -0.15) is 5.26 Å².